The van der Waals surface area contributed by atoms with Crippen molar-refractivity contribution in [1.82, 2.24) is 4.98 Å². The SMILES string of the molecule is N#CC(=NNc1ccc(Cl)cc1Cl)c1nc(-c2ccc(Cl)cc2)cs1. The van der Waals surface area contributed by atoms with Gasteiger partial charge in [0, 0.05) is 21.0 Å². The summed E-state index contributed by atoms with van der Waals surface area (Å²) in [6, 6.07) is 14.3. The van der Waals surface area contributed by atoms with Crippen LogP contribution in [0.25, 0.3) is 11.3 Å². The summed E-state index contributed by atoms with van der Waals surface area (Å²) in [6.07, 6.45) is 0. The molecule has 0 amide bonds. The van der Waals surface area contributed by atoms with Crippen molar-refractivity contribution >= 4 is 57.5 Å². The lowest BCUT2D eigenvalue weighted by Gasteiger charge is -2.03. The van der Waals surface area contributed by atoms with Crippen LogP contribution in [0.2, 0.25) is 15.1 Å². The Morgan fingerprint density at radius 3 is 2.48 bits per heavy atom. The number of nitrogens with one attached hydrogen (secondary N) is 1. The average Bonchev–Trinajstić information content (AvgIpc) is 3.07. The summed E-state index contributed by atoms with van der Waals surface area (Å²) in [5, 5.41) is 17.4. The highest BCUT2D eigenvalue weighted by Gasteiger charge is 2.11. The van der Waals surface area contributed by atoms with Crippen LogP contribution in [0.5, 0.6) is 0 Å². The van der Waals surface area contributed by atoms with E-state index in [-0.39, 0.29) is 5.71 Å². The maximum absolute atomic E-state index is 9.36. The van der Waals surface area contributed by atoms with E-state index in [2.05, 4.69) is 15.5 Å². The second kappa shape index (κ2) is 7.85. The fraction of sp³-hybridized carbons (Fsp3) is 0. The third-order valence-electron chi connectivity index (χ3n) is 3.17. The zero-order valence-electron chi connectivity index (χ0n) is 12.5. The number of nitrogens with zero attached hydrogens (tertiary/aromatic N) is 3. The number of hydrazone groups is 1. The normalized spacial score (nSPS) is 11.2. The number of hydrogen-bond donors (Lipinski definition) is 1. The molecule has 0 aliphatic heterocycles. The Bertz CT molecular complexity index is 974. The molecule has 3 rings (SSSR count). The van der Waals surface area contributed by atoms with E-state index in [0.717, 1.165) is 11.3 Å². The van der Waals surface area contributed by atoms with E-state index in [0.29, 0.717) is 25.8 Å². The molecule has 3 aromatic rings. The summed E-state index contributed by atoms with van der Waals surface area (Å²) < 4.78 is 0. The van der Waals surface area contributed by atoms with Gasteiger partial charge in [-0.2, -0.15) is 10.4 Å². The molecule has 0 aliphatic carbocycles. The zero-order valence-corrected chi connectivity index (χ0v) is 15.6. The van der Waals surface area contributed by atoms with Gasteiger partial charge in [-0.25, -0.2) is 4.98 Å². The molecule has 25 heavy (non-hydrogen) atoms. The van der Waals surface area contributed by atoms with Crippen molar-refractivity contribution in [3.05, 3.63) is 67.9 Å². The Morgan fingerprint density at radius 2 is 1.80 bits per heavy atom. The molecule has 0 bridgehead atoms. The Hall–Kier alpha value is -2.10. The van der Waals surface area contributed by atoms with Crippen molar-refractivity contribution in [1.29, 1.82) is 5.26 Å². The first-order valence-corrected chi connectivity index (χ1v) is 8.99. The fourth-order valence-corrected chi connectivity index (χ4v) is 3.30. The minimum Gasteiger partial charge on any atom is -0.276 e. The van der Waals surface area contributed by atoms with Crippen LogP contribution in [-0.2, 0) is 0 Å². The molecule has 8 heteroatoms. The van der Waals surface area contributed by atoms with Crippen LogP contribution >= 0.6 is 46.1 Å². The highest BCUT2D eigenvalue weighted by molar-refractivity contribution is 7.12. The first-order chi connectivity index (χ1) is 12.1. The average molecular weight is 408 g/mol. The summed E-state index contributed by atoms with van der Waals surface area (Å²) in [5.74, 6) is 0. The second-order valence-electron chi connectivity index (χ2n) is 4.85. The van der Waals surface area contributed by atoms with E-state index in [1.807, 2.05) is 23.6 Å². The van der Waals surface area contributed by atoms with Crippen LogP contribution in [0.3, 0.4) is 0 Å². The molecular formula is C17H9Cl3N4S. The Balaban J connectivity index is 1.84. The molecule has 0 spiro atoms. The number of aromatic nitrogens is 1. The minimum atomic E-state index is 0.163. The Kier molecular flexibility index (Phi) is 5.57. The van der Waals surface area contributed by atoms with Gasteiger partial charge >= 0.3 is 0 Å². The van der Waals surface area contributed by atoms with Gasteiger partial charge in [0.15, 0.2) is 10.7 Å². The van der Waals surface area contributed by atoms with Crippen molar-refractivity contribution in [2.45, 2.75) is 0 Å². The monoisotopic (exact) mass is 406 g/mol. The number of rotatable bonds is 4. The number of halogens is 3. The van der Waals surface area contributed by atoms with Crippen LogP contribution in [0, 0.1) is 11.3 Å². The molecule has 2 aromatic carbocycles. The van der Waals surface area contributed by atoms with Crippen LogP contribution in [0.1, 0.15) is 5.01 Å². The van der Waals surface area contributed by atoms with Crippen LogP contribution in [0.15, 0.2) is 52.9 Å². The lowest BCUT2D eigenvalue weighted by molar-refractivity contribution is 1.31. The van der Waals surface area contributed by atoms with Crippen molar-refractivity contribution in [3.63, 3.8) is 0 Å². The molecule has 4 nitrogen and oxygen atoms in total. The van der Waals surface area contributed by atoms with Crippen molar-refractivity contribution < 1.29 is 0 Å². The third kappa shape index (κ3) is 4.30. The maximum Gasteiger partial charge on any atom is 0.196 e. The maximum atomic E-state index is 9.36. The van der Waals surface area contributed by atoms with Crippen molar-refractivity contribution in [2.24, 2.45) is 5.10 Å². The zero-order chi connectivity index (χ0) is 17.8. The molecule has 0 radical (unpaired) electrons. The molecule has 1 heterocycles. The molecule has 1 N–H and O–H groups in total. The van der Waals surface area contributed by atoms with Gasteiger partial charge in [-0.15, -0.1) is 11.3 Å². The minimum absolute atomic E-state index is 0.163. The third-order valence-corrected chi connectivity index (χ3v) is 4.82. The first kappa shape index (κ1) is 17.7. The van der Waals surface area contributed by atoms with Gasteiger partial charge < -0.3 is 0 Å². The predicted octanol–water partition coefficient (Wildman–Crippen LogP) is 6.11. The Morgan fingerprint density at radius 1 is 1.08 bits per heavy atom. The molecule has 124 valence electrons. The molecule has 0 atom stereocenters. The molecule has 0 fully saturated rings. The Labute approximate surface area is 163 Å². The molecule has 1 aromatic heterocycles. The highest BCUT2D eigenvalue weighted by atomic mass is 35.5. The van der Waals surface area contributed by atoms with E-state index in [1.54, 1.807) is 30.3 Å². The van der Waals surface area contributed by atoms with E-state index >= 15 is 0 Å². The van der Waals surface area contributed by atoms with Gasteiger partial charge in [0.2, 0.25) is 0 Å². The molecular weight excluding hydrogens is 399 g/mol. The van der Waals surface area contributed by atoms with Gasteiger partial charge in [0.25, 0.3) is 0 Å². The van der Waals surface area contributed by atoms with Crippen LogP contribution in [0.4, 0.5) is 5.69 Å². The smallest absolute Gasteiger partial charge is 0.196 e. The van der Waals surface area contributed by atoms with E-state index in [9.17, 15) is 5.26 Å². The van der Waals surface area contributed by atoms with E-state index in [4.69, 9.17) is 34.8 Å². The number of hydrogen-bond acceptors (Lipinski definition) is 5. The number of nitriles is 1. The van der Waals surface area contributed by atoms with Gasteiger partial charge in [0.1, 0.15) is 6.07 Å². The number of benzene rings is 2. The summed E-state index contributed by atoms with van der Waals surface area (Å²) in [7, 11) is 0. The topological polar surface area (TPSA) is 61.1 Å². The van der Waals surface area contributed by atoms with Gasteiger partial charge in [-0.3, -0.25) is 5.43 Å². The fourth-order valence-electron chi connectivity index (χ4n) is 1.95. The summed E-state index contributed by atoms with van der Waals surface area (Å²) in [4.78, 5) is 4.46. The van der Waals surface area contributed by atoms with Gasteiger partial charge in [0.05, 0.1) is 16.4 Å². The van der Waals surface area contributed by atoms with Gasteiger partial charge in [-0.1, -0.05) is 46.9 Å². The quantitative estimate of drug-likeness (QED) is 0.419. The van der Waals surface area contributed by atoms with Crippen LogP contribution in [-0.4, -0.2) is 10.7 Å². The van der Waals surface area contributed by atoms with E-state index < -0.39 is 0 Å². The lowest BCUT2D eigenvalue weighted by Crippen LogP contribution is -2.01. The second-order valence-corrected chi connectivity index (χ2v) is 6.99. The largest absolute Gasteiger partial charge is 0.276 e. The predicted molar refractivity (Wildman–Crippen MR) is 105 cm³/mol. The van der Waals surface area contributed by atoms with E-state index in [1.165, 1.54) is 11.3 Å². The van der Waals surface area contributed by atoms with Crippen LogP contribution < -0.4 is 5.43 Å². The first-order valence-electron chi connectivity index (χ1n) is 6.97. The summed E-state index contributed by atoms with van der Waals surface area (Å²) in [6.45, 7) is 0. The molecule has 0 aliphatic rings. The highest BCUT2D eigenvalue weighted by Crippen LogP contribution is 2.26. The van der Waals surface area contributed by atoms with Crippen molar-refractivity contribution in [2.75, 3.05) is 5.43 Å². The summed E-state index contributed by atoms with van der Waals surface area (Å²) >= 11 is 19.2. The number of thiazole rings is 1. The standard InChI is InChI=1S/C17H9Cl3N4S/c18-11-3-1-10(2-4-11)16-9-25-17(22-16)15(8-21)24-23-14-6-5-12(19)7-13(14)20/h1-7,9,23H. The van der Waals surface area contributed by atoms with Crippen molar-refractivity contribution in [3.8, 4) is 17.3 Å². The van der Waals surface area contributed by atoms with Gasteiger partial charge in [-0.05, 0) is 30.3 Å². The molecule has 0 unspecified atom stereocenters. The summed E-state index contributed by atoms with van der Waals surface area (Å²) in [5.41, 5.74) is 5.15. The number of anilines is 1. The molecule has 0 saturated heterocycles. The molecule has 0 saturated carbocycles. The lowest BCUT2D eigenvalue weighted by atomic mass is 10.2.